The first-order valence-corrected chi connectivity index (χ1v) is 15.1. The molecule has 9 nitrogen and oxygen atoms in total. The summed E-state index contributed by atoms with van der Waals surface area (Å²) in [6, 6.07) is 9.32. The van der Waals surface area contributed by atoms with Gasteiger partial charge in [-0.1, -0.05) is 30.0 Å². The zero-order valence-corrected chi connectivity index (χ0v) is 27.9. The third kappa shape index (κ3) is 10.0. The van der Waals surface area contributed by atoms with Crippen LogP contribution in [0.2, 0.25) is 0 Å². The topological polar surface area (TPSA) is 114 Å². The van der Waals surface area contributed by atoms with Crippen LogP contribution in [0, 0.1) is 21.7 Å². The van der Waals surface area contributed by atoms with Crippen LogP contribution in [0.3, 0.4) is 0 Å². The summed E-state index contributed by atoms with van der Waals surface area (Å²) >= 11 is 1.26. The maximum absolute atomic E-state index is 13.3. The van der Waals surface area contributed by atoms with Gasteiger partial charge in [-0.25, -0.2) is 0 Å². The summed E-state index contributed by atoms with van der Waals surface area (Å²) in [7, 11) is 0. The van der Waals surface area contributed by atoms with Gasteiger partial charge in [0.25, 0.3) is 0 Å². The highest BCUT2D eigenvalue weighted by Gasteiger charge is 2.54. The molecule has 0 bridgehead atoms. The standard InChI is InChI=1S/C32H48O9S/c1-29(2,3)25(33)37-18-20-21(39-26(34)30(4,5)6)22(40-27(35)31(7,8)9)23(41-28(36)32(10,11)12)24(38-20)42-19-16-14-13-15-17-19/h13-17,20-24H,18H2,1-12H3/t20-,21+,22+,23-,24+/m1/s1. The lowest BCUT2D eigenvalue weighted by atomic mass is 9.93. The largest absolute Gasteiger partial charge is 0.462 e. The summed E-state index contributed by atoms with van der Waals surface area (Å²) in [5, 5.41) is 0. The molecular formula is C32H48O9S. The van der Waals surface area contributed by atoms with Gasteiger partial charge in [-0.05, 0) is 95.2 Å². The molecule has 0 amide bonds. The second kappa shape index (κ2) is 13.4. The number of ether oxygens (including phenoxy) is 5. The highest BCUT2D eigenvalue weighted by atomic mass is 32.2. The Morgan fingerprint density at radius 1 is 0.619 bits per heavy atom. The van der Waals surface area contributed by atoms with E-state index in [2.05, 4.69) is 0 Å². The van der Waals surface area contributed by atoms with E-state index in [1.165, 1.54) is 11.8 Å². The first kappa shape index (κ1) is 35.6. The minimum Gasteiger partial charge on any atom is -0.462 e. The zero-order chi connectivity index (χ0) is 32.3. The van der Waals surface area contributed by atoms with E-state index in [0.29, 0.717) is 0 Å². The third-order valence-electron chi connectivity index (χ3n) is 6.14. The Balaban J connectivity index is 2.68. The van der Waals surface area contributed by atoms with Crippen LogP contribution in [0.1, 0.15) is 83.1 Å². The van der Waals surface area contributed by atoms with Gasteiger partial charge in [0.2, 0.25) is 0 Å². The molecule has 10 heteroatoms. The zero-order valence-electron chi connectivity index (χ0n) is 27.1. The molecular weight excluding hydrogens is 560 g/mol. The molecule has 42 heavy (non-hydrogen) atoms. The van der Waals surface area contributed by atoms with E-state index >= 15 is 0 Å². The van der Waals surface area contributed by atoms with Crippen molar-refractivity contribution in [2.75, 3.05) is 6.61 Å². The number of thioether (sulfide) groups is 1. The second-order valence-electron chi connectivity index (χ2n) is 14.7. The fourth-order valence-corrected chi connectivity index (χ4v) is 4.54. The highest BCUT2D eigenvalue weighted by Crippen LogP contribution is 2.39. The van der Waals surface area contributed by atoms with Crippen molar-refractivity contribution in [3.05, 3.63) is 30.3 Å². The quantitative estimate of drug-likeness (QED) is 0.271. The molecule has 5 atom stereocenters. The number of carbonyl (C=O) groups excluding carboxylic acids is 4. The lowest BCUT2D eigenvalue weighted by Gasteiger charge is -2.46. The summed E-state index contributed by atoms with van der Waals surface area (Å²) in [4.78, 5) is 53.3. The maximum atomic E-state index is 13.3. The predicted molar refractivity (Wildman–Crippen MR) is 159 cm³/mol. The van der Waals surface area contributed by atoms with Crippen LogP contribution in [-0.4, -0.2) is 60.3 Å². The number of hydrogen-bond acceptors (Lipinski definition) is 10. The van der Waals surface area contributed by atoms with Crippen molar-refractivity contribution in [2.24, 2.45) is 21.7 Å². The minimum atomic E-state index is -1.26. The third-order valence-corrected chi connectivity index (χ3v) is 7.30. The molecule has 1 saturated heterocycles. The normalized spacial score (nSPS) is 23.5. The first-order valence-electron chi connectivity index (χ1n) is 14.2. The molecule has 1 aliphatic heterocycles. The van der Waals surface area contributed by atoms with Gasteiger partial charge in [-0.15, -0.1) is 0 Å². The van der Waals surface area contributed by atoms with Crippen LogP contribution in [0.5, 0.6) is 0 Å². The van der Waals surface area contributed by atoms with Crippen LogP contribution >= 0.6 is 11.8 Å². The van der Waals surface area contributed by atoms with Crippen LogP contribution in [0.4, 0.5) is 0 Å². The minimum absolute atomic E-state index is 0.284. The Morgan fingerprint density at radius 3 is 1.45 bits per heavy atom. The highest BCUT2D eigenvalue weighted by molar-refractivity contribution is 7.99. The summed E-state index contributed by atoms with van der Waals surface area (Å²) < 4.78 is 30.1. The van der Waals surface area contributed by atoms with Crippen LogP contribution < -0.4 is 0 Å². The molecule has 0 spiro atoms. The number of hydrogen-bond donors (Lipinski definition) is 0. The Kier molecular flexibility index (Phi) is 11.3. The SMILES string of the molecule is CC(C)(C)C(=O)OC[C@H]1O[C@@H](Sc2ccccc2)[C@H](OC(=O)C(C)(C)C)[C@@H](OC(=O)C(C)(C)C)[C@H]1OC(=O)C(C)(C)C. The van der Waals surface area contributed by atoms with Gasteiger partial charge in [0.05, 0.1) is 21.7 Å². The van der Waals surface area contributed by atoms with Gasteiger partial charge in [0.15, 0.2) is 18.3 Å². The van der Waals surface area contributed by atoms with E-state index in [9.17, 15) is 19.2 Å². The molecule has 0 saturated carbocycles. The fraction of sp³-hybridized carbons (Fsp3) is 0.688. The van der Waals surface area contributed by atoms with E-state index in [0.717, 1.165) is 4.90 Å². The van der Waals surface area contributed by atoms with Crippen LogP contribution in [0.25, 0.3) is 0 Å². The van der Waals surface area contributed by atoms with Crippen molar-refractivity contribution in [3.8, 4) is 0 Å². The molecule has 1 aromatic rings. The summed E-state index contributed by atoms with van der Waals surface area (Å²) in [5.74, 6) is -2.21. The van der Waals surface area contributed by atoms with E-state index in [-0.39, 0.29) is 6.61 Å². The van der Waals surface area contributed by atoms with Gasteiger partial charge in [-0.3, -0.25) is 19.2 Å². The number of esters is 4. The molecule has 0 aliphatic carbocycles. The van der Waals surface area contributed by atoms with Crippen molar-refractivity contribution in [3.63, 3.8) is 0 Å². The summed E-state index contributed by atoms with van der Waals surface area (Å²) in [5.41, 5.74) is -4.44. The van der Waals surface area contributed by atoms with Gasteiger partial charge < -0.3 is 23.7 Å². The Hall–Kier alpha value is -2.59. The van der Waals surface area contributed by atoms with Crippen molar-refractivity contribution in [1.82, 2.24) is 0 Å². The fourth-order valence-electron chi connectivity index (χ4n) is 3.42. The molecule has 2 rings (SSSR count). The van der Waals surface area contributed by atoms with Crippen molar-refractivity contribution < 1.29 is 42.9 Å². The Morgan fingerprint density at radius 2 is 1.02 bits per heavy atom. The second-order valence-corrected chi connectivity index (χ2v) is 15.9. The van der Waals surface area contributed by atoms with E-state index < -0.39 is 75.4 Å². The summed E-state index contributed by atoms with van der Waals surface area (Å²) in [6.07, 6.45) is -4.71. The van der Waals surface area contributed by atoms with Crippen LogP contribution in [0.15, 0.2) is 35.2 Å². The van der Waals surface area contributed by atoms with Crippen molar-refractivity contribution in [1.29, 1.82) is 0 Å². The van der Waals surface area contributed by atoms with E-state index in [4.69, 9.17) is 23.7 Å². The summed E-state index contributed by atoms with van der Waals surface area (Å²) in [6.45, 7) is 20.2. The number of benzene rings is 1. The molecule has 1 aromatic carbocycles. The van der Waals surface area contributed by atoms with Gasteiger partial charge in [-0.2, -0.15) is 0 Å². The smallest absolute Gasteiger partial charge is 0.311 e. The molecule has 0 radical (unpaired) electrons. The molecule has 1 fully saturated rings. The van der Waals surface area contributed by atoms with Gasteiger partial charge in [0.1, 0.15) is 18.1 Å². The van der Waals surface area contributed by atoms with Crippen molar-refractivity contribution >= 4 is 35.6 Å². The molecule has 0 N–H and O–H groups in total. The number of carbonyl (C=O) groups is 4. The average molecular weight is 609 g/mol. The molecule has 0 unspecified atom stereocenters. The maximum Gasteiger partial charge on any atom is 0.311 e. The Bertz CT molecular complexity index is 1100. The van der Waals surface area contributed by atoms with Crippen LogP contribution in [-0.2, 0) is 42.9 Å². The first-order chi connectivity index (χ1) is 19.0. The Labute approximate surface area is 254 Å². The average Bonchev–Trinajstić information content (AvgIpc) is 2.84. The molecule has 0 aromatic heterocycles. The van der Waals surface area contributed by atoms with E-state index in [1.807, 2.05) is 30.3 Å². The number of rotatable bonds is 7. The van der Waals surface area contributed by atoms with E-state index in [1.54, 1.807) is 83.1 Å². The monoisotopic (exact) mass is 608 g/mol. The molecule has 1 heterocycles. The lowest BCUT2D eigenvalue weighted by molar-refractivity contribution is -0.246. The predicted octanol–water partition coefficient (Wildman–Crippen LogP) is 5.97. The lowest BCUT2D eigenvalue weighted by Crippen LogP contribution is -2.63. The van der Waals surface area contributed by atoms with Gasteiger partial charge >= 0.3 is 23.9 Å². The molecule has 1 aliphatic rings. The van der Waals surface area contributed by atoms with Gasteiger partial charge in [0, 0.05) is 4.90 Å². The molecule has 236 valence electrons. The van der Waals surface area contributed by atoms with Crippen molar-refractivity contribution in [2.45, 2.75) is 118 Å².